The van der Waals surface area contributed by atoms with E-state index in [1.165, 1.54) is 9.21 Å². The Balaban J connectivity index is 1.58. The fourth-order valence-corrected chi connectivity index (χ4v) is 5.57. The van der Waals surface area contributed by atoms with E-state index in [1.54, 1.807) is 42.6 Å². The SMILES string of the molecule is CN(C1CC[NH+](C)CC1)S(=O)(=O)c1ccc(NC(=O)CCc2ccsc2)cc1. The highest BCUT2D eigenvalue weighted by Crippen LogP contribution is 2.22. The van der Waals surface area contributed by atoms with E-state index in [4.69, 9.17) is 0 Å². The van der Waals surface area contributed by atoms with Crippen molar-refractivity contribution in [1.29, 1.82) is 0 Å². The number of hydrogen-bond donors (Lipinski definition) is 2. The summed E-state index contributed by atoms with van der Waals surface area (Å²) in [7, 11) is 0.276. The van der Waals surface area contributed by atoms with Crippen molar-refractivity contribution in [3.8, 4) is 0 Å². The van der Waals surface area contributed by atoms with Crippen LogP contribution in [0.15, 0.2) is 46.0 Å². The molecule has 1 fully saturated rings. The third-order valence-electron chi connectivity index (χ3n) is 5.36. The molecule has 1 aromatic heterocycles. The van der Waals surface area contributed by atoms with Crippen molar-refractivity contribution in [3.63, 3.8) is 0 Å². The molecule has 2 N–H and O–H groups in total. The molecule has 0 aliphatic carbocycles. The van der Waals surface area contributed by atoms with Crippen molar-refractivity contribution in [2.45, 2.75) is 36.6 Å². The van der Waals surface area contributed by atoms with Crippen molar-refractivity contribution in [2.75, 3.05) is 32.5 Å². The number of anilines is 1. The Morgan fingerprint density at radius 2 is 1.89 bits per heavy atom. The molecule has 8 heteroatoms. The van der Waals surface area contributed by atoms with Gasteiger partial charge in [0.05, 0.1) is 25.0 Å². The molecule has 1 aromatic carbocycles. The maximum atomic E-state index is 12.9. The highest BCUT2D eigenvalue weighted by Gasteiger charge is 2.31. The van der Waals surface area contributed by atoms with Gasteiger partial charge in [0.15, 0.2) is 0 Å². The zero-order valence-electron chi connectivity index (χ0n) is 16.3. The summed E-state index contributed by atoms with van der Waals surface area (Å²) in [5.41, 5.74) is 1.76. The number of carbonyl (C=O) groups excluding carboxylic acids is 1. The largest absolute Gasteiger partial charge is 0.337 e. The average molecular weight is 423 g/mol. The number of hydrogen-bond acceptors (Lipinski definition) is 4. The van der Waals surface area contributed by atoms with E-state index in [9.17, 15) is 13.2 Å². The molecule has 0 unspecified atom stereocenters. The Morgan fingerprint density at radius 3 is 2.50 bits per heavy atom. The first-order valence-corrected chi connectivity index (χ1v) is 11.9. The van der Waals surface area contributed by atoms with Crippen LogP contribution in [-0.2, 0) is 21.2 Å². The second-order valence-corrected chi connectivity index (χ2v) is 10.2. The summed E-state index contributed by atoms with van der Waals surface area (Å²) in [4.78, 5) is 13.8. The number of aryl methyl sites for hydroxylation is 1. The number of amides is 1. The zero-order chi connectivity index (χ0) is 20.1. The van der Waals surface area contributed by atoms with E-state index in [0.29, 0.717) is 18.5 Å². The van der Waals surface area contributed by atoms with Gasteiger partial charge in [-0.3, -0.25) is 4.79 Å². The first kappa shape index (κ1) is 21.0. The standard InChI is InChI=1S/C20H27N3O3S2/c1-22-12-9-18(10-13-22)23(2)28(25,26)19-6-4-17(5-7-19)21-20(24)8-3-16-11-14-27-15-16/h4-7,11,14-15,18H,3,8-10,12-13H2,1-2H3,(H,21,24)/p+1. The number of carbonyl (C=O) groups is 1. The second kappa shape index (κ2) is 9.17. The number of likely N-dealkylation sites (tertiary alicyclic amines) is 1. The lowest BCUT2D eigenvalue weighted by atomic mass is 10.1. The minimum atomic E-state index is -3.53. The lowest BCUT2D eigenvalue weighted by Crippen LogP contribution is -3.10. The molecule has 28 heavy (non-hydrogen) atoms. The molecule has 0 radical (unpaired) electrons. The summed E-state index contributed by atoms with van der Waals surface area (Å²) in [5.74, 6) is -0.0762. The minimum absolute atomic E-state index is 0.0465. The molecule has 1 amide bonds. The third kappa shape index (κ3) is 5.20. The van der Waals surface area contributed by atoms with Gasteiger partial charge in [0.1, 0.15) is 0 Å². The molecule has 0 spiro atoms. The van der Waals surface area contributed by atoms with E-state index in [2.05, 4.69) is 12.4 Å². The van der Waals surface area contributed by atoms with Gasteiger partial charge in [0, 0.05) is 38.0 Å². The van der Waals surface area contributed by atoms with Crippen LogP contribution in [-0.4, -0.2) is 51.9 Å². The Bertz CT molecular complexity index is 872. The highest BCUT2D eigenvalue weighted by atomic mass is 32.2. The highest BCUT2D eigenvalue weighted by molar-refractivity contribution is 7.89. The average Bonchev–Trinajstić information content (AvgIpc) is 3.20. The third-order valence-corrected chi connectivity index (χ3v) is 8.02. The molecular weight excluding hydrogens is 394 g/mol. The molecule has 1 aliphatic rings. The minimum Gasteiger partial charge on any atom is -0.337 e. The van der Waals surface area contributed by atoms with Crippen LogP contribution < -0.4 is 10.2 Å². The Morgan fingerprint density at radius 1 is 1.21 bits per heavy atom. The summed E-state index contributed by atoms with van der Waals surface area (Å²) >= 11 is 1.62. The van der Waals surface area contributed by atoms with E-state index < -0.39 is 10.0 Å². The summed E-state index contributed by atoms with van der Waals surface area (Å²) in [6, 6.07) is 8.51. The molecule has 3 rings (SSSR count). The van der Waals surface area contributed by atoms with Crippen LogP contribution in [0.1, 0.15) is 24.8 Å². The number of sulfonamides is 1. The van der Waals surface area contributed by atoms with Crippen molar-refractivity contribution in [1.82, 2.24) is 4.31 Å². The molecule has 0 atom stereocenters. The van der Waals surface area contributed by atoms with Crippen LogP contribution in [0.25, 0.3) is 0 Å². The molecule has 152 valence electrons. The van der Waals surface area contributed by atoms with Crippen LogP contribution in [0.2, 0.25) is 0 Å². The van der Waals surface area contributed by atoms with Crippen molar-refractivity contribution in [2.24, 2.45) is 0 Å². The Labute approximate surface area is 171 Å². The number of rotatable bonds is 7. The van der Waals surface area contributed by atoms with Crippen LogP contribution >= 0.6 is 11.3 Å². The second-order valence-electron chi connectivity index (χ2n) is 7.41. The fraction of sp³-hybridized carbons (Fsp3) is 0.450. The summed E-state index contributed by atoms with van der Waals surface area (Å²) in [5, 5.41) is 6.87. The van der Waals surface area contributed by atoms with Gasteiger partial charge in [-0.2, -0.15) is 15.6 Å². The smallest absolute Gasteiger partial charge is 0.243 e. The van der Waals surface area contributed by atoms with Crippen molar-refractivity contribution >= 4 is 33.0 Å². The van der Waals surface area contributed by atoms with E-state index >= 15 is 0 Å². The van der Waals surface area contributed by atoms with E-state index in [-0.39, 0.29) is 16.8 Å². The van der Waals surface area contributed by atoms with Crippen molar-refractivity contribution in [3.05, 3.63) is 46.7 Å². The molecule has 1 aliphatic heterocycles. The molecule has 1 saturated heterocycles. The number of quaternary nitrogens is 1. The number of thiophene rings is 1. The molecule has 2 heterocycles. The Hall–Kier alpha value is -1.74. The lowest BCUT2D eigenvalue weighted by molar-refractivity contribution is -0.885. The first-order chi connectivity index (χ1) is 13.4. The van der Waals surface area contributed by atoms with Gasteiger partial charge in [0.25, 0.3) is 0 Å². The molecule has 2 aromatic rings. The normalized spacial score (nSPS) is 20.2. The number of nitrogens with one attached hydrogen (secondary N) is 2. The fourth-order valence-electron chi connectivity index (χ4n) is 3.45. The predicted octanol–water partition coefficient (Wildman–Crippen LogP) is 1.62. The Kier molecular flexibility index (Phi) is 6.87. The maximum absolute atomic E-state index is 12.9. The maximum Gasteiger partial charge on any atom is 0.243 e. The summed E-state index contributed by atoms with van der Waals surface area (Å²) < 4.78 is 27.3. The monoisotopic (exact) mass is 422 g/mol. The van der Waals surface area contributed by atoms with E-state index in [0.717, 1.165) is 31.5 Å². The van der Waals surface area contributed by atoms with Gasteiger partial charge >= 0.3 is 0 Å². The van der Waals surface area contributed by atoms with Crippen molar-refractivity contribution < 1.29 is 18.1 Å². The van der Waals surface area contributed by atoms with Gasteiger partial charge in [-0.15, -0.1) is 0 Å². The van der Waals surface area contributed by atoms with Crippen LogP contribution in [0, 0.1) is 0 Å². The van der Waals surface area contributed by atoms with Gasteiger partial charge in [-0.25, -0.2) is 8.42 Å². The number of piperidine rings is 1. The zero-order valence-corrected chi connectivity index (χ0v) is 18.0. The van der Waals surface area contributed by atoms with Gasteiger partial charge in [-0.05, 0) is 53.1 Å². The topological polar surface area (TPSA) is 70.9 Å². The van der Waals surface area contributed by atoms with Gasteiger partial charge < -0.3 is 10.2 Å². The molecule has 0 saturated carbocycles. The lowest BCUT2D eigenvalue weighted by Gasteiger charge is -2.32. The molecule has 6 nitrogen and oxygen atoms in total. The summed E-state index contributed by atoms with van der Waals surface area (Å²) in [6.07, 6.45) is 2.85. The molecular formula is C20H28N3O3S2+. The first-order valence-electron chi connectivity index (χ1n) is 9.56. The van der Waals surface area contributed by atoms with E-state index in [1.807, 2.05) is 16.8 Å². The predicted molar refractivity (Wildman–Crippen MR) is 112 cm³/mol. The quantitative estimate of drug-likeness (QED) is 0.712. The number of benzene rings is 1. The van der Waals surface area contributed by atoms with Crippen LogP contribution in [0.5, 0.6) is 0 Å². The summed E-state index contributed by atoms with van der Waals surface area (Å²) in [6.45, 7) is 1.97. The molecule has 0 bridgehead atoms. The number of nitrogens with zero attached hydrogens (tertiary/aromatic N) is 1. The van der Waals surface area contributed by atoms with Gasteiger partial charge in [-0.1, -0.05) is 0 Å². The van der Waals surface area contributed by atoms with Crippen LogP contribution in [0.3, 0.4) is 0 Å². The van der Waals surface area contributed by atoms with Crippen LogP contribution in [0.4, 0.5) is 5.69 Å². The van der Waals surface area contributed by atoms with Gasteiger partial charge in [0.2, 0.25) is 15.9 Å².